The molecule has 3 heteroatoms. The number of nitrogens with one attached hydrogen (secondary N) is 1. The largest absolute Gasteiger partial charge is 0.508 e. The molecule has 0 spiro atoms. The van der Waals surface area contributed by atoms with E-state index in [4.69, 9.17) is 0 Å². The van der Waals surface area contributed by atoms with Crippen LogP contribution < -0.4 is 5.32 Å². The predicted octanol–water partition coefficient (Wildman–Crippen LogP) is 3.78. The molecule has 3 aromatic rings. The zero-order chi connectivity index (χ0) is 15.5. The quantitative estimate of drug-likeness (QED) is 0.771. The Kier molecular flexibility index (Phi) is 3.79. The Hall–Kier alpha value is -2.81. The van der Waals surface area contributed by atoms with Gasteiger partial charge in [-0.3, -0.25) is 4.79 Å². The van der Waals surface area contributed by atoms with Gasteiger partial charge in [0, 0.05) is 17.7 Å². The zero-order valence-corrected chi connectivity index (χ0v) is 12.3. The third kappa shape index (κ3) is 2.79. The molecule has 3 nitrogen and oxygen atoms in total. The van der Waals surface area contributed by atoms with Crippen molar-refractivity contribution < 1.29 is 9.90 Å². The molecular weight excluding hydrogens is 274 g/mol. The number of amides is 1. The van der Waals surface area contributed by atoms with Crippen LogP contribution in [0, 0.1) is 6.92 Å². The summed E-state index contributed by atoms with van der Waals surface area (Å²) >= 11 is 0. The highest BCUT2D eigenvalue weighted by Crippen LogP contribution is 2.26. The van der Waals surface area contributed by atoms with Gasteiger partial charge in [-0.25, -0.2) is 0 Å². The first-order valence-corrected chi connectivity index (χ1v) is 7.19. The van der Waals surface area contributed by atoms with E-state index >= 15 is 0 Å². The fourth-order valence-corrected chi connectivity index (χ4v) is 2.49. The number of fused-ring (bicyclic) bond motifs is 1. The average molecular weight is 291 g/mol. The fraction of sp³-hybridized carbons (Fsp3) is 0.105. The van der Waals surface area contributed by atoms with E-state index < -0.39 is 0 Å². The number of carbonyl (C=O) groups is 1. The summed E-state index contributed by atoms with van der Waals surface area (Å²) in [5.41, 5.74) is 2.46. The van der Waals surface area contributed by atoms with E-state index in [1.165, 1.54) is 0 Å². The van der Waals surface area contributed by atoms with Crippen LogP contribution in [0.25, 0.3) is 10.8 Å². The lowest BCUT2D eigenvalue weighted by Crippen LogP contribution is -2.22. The molecule has 0 atom stereocenters. The number of rotatable bonds is 3. The van der Waals surface area contributed by atoms with Crippen LogP contribution in [-0.2, 0) is 6.54 Å². The second-order valence-corrected chi connectivity index (χ2v) is 5.33. The SMILES string of the molecule is Cc1ccc(C(=O)NCc2c(O)ccc3ccccc23)cc1. The normalized spacial score (nSPS) is 10.6. The lowest BCUT2D eigenvalue weighted by molar-refractivity contribution is 0.0951. The van der Waals surface area contributed by atoms with Crippen LogP contribution in [0.2, 0.25) is 0 Å². The fourth-order valence-electron chi connectivity index (χ4n) is 2.49. The minimum atomic E-state index is -0.146. The summed E-state index contributed by atoms with van der Waals surface area (Å²) < 4.78 is 0. The van der Waals surface area contributed by atoms with Crippen molar-refractivity contribution in [2.24, 2.45) is 0 Å². The van der Waals surface area contributed by atoms with Crippen molar-refractivity contribution in [3.8, 4) is 5.75 Å². The number of aryl methyl sites for hydroxylation is 1. The van der Waals surface area contributed by atoms with Crippen LogP contribution in [0.15, 0.2) is 60.7 Å². The molecule has 0 saturated carbocycles. The molecule has 0 bridgehead atoms. The zero-order valence-electron chi connectivity index (χ0n) is 12.3. The highest BCUT2D eigenvalue weighted by molar-refractivity contribution is 5.95. The topological polar surface area (TPSA) is 49.3 Å². The molecule has 0 radical (unpaired) electrons. The van der Waals surface area contributed by atoms with Gasteiger partial charge in [0.1, 0.15) is 5.75 Å². The molecule has 2 N–H and O–H groups in total. The minimum absolute atomic E-state index is 0.146. The van der Waals surface area contributed by atoms with Crippen LogP contribution in [-0.4, -0.2) is 11.0 Å². The van der Waals surface area contributed by atoms with Crippen LogP contribution in [0.3, 0.4) is 0 Å². The Balaban J connectivity index is 1.83. The Labute approximate surface area is 129 Å². The van der Waals surface area contributed by atoms with Gasteiger partial charge >= 0.3 is 0 Å². The molecule has 0 unspecified atom stereocenters. The maximum Gasteiger partial charge on any atom is 0.251 e. The van der Waals surface area contributed by atoms with Crippen molar-refractivity contribution in [1.29, 1.82) is 0 Å². The van der Waals surface area contributed by atoms with Gasteiger partial charge in [0.2, 0.25) is 0 Å². The predicted molar refractivity (Wildman–Crippen MR) is 88.0 cm³/mol. The molecule has 0 heterocycles. The lowest BCUT2D eigenvalue weighted by atomic mass is 10.0. The van der Waals surface area contributed by atoms with E-state index in [-0.39, 0.29) is 11.7 Å². The molecule has 0 aromatic heterocycles. The van der Waals surface area contributed by atoms with Crippen molar-refractivity contribution >= 4 is 16.7 Å². The van der Waals surface area contributed by atoms with Crippen LogP contribution in [0.4, 0.5) is 0 Å². The third-order valence-corrected chi connectivity index (χ3v) is 3.76. The smallest absolute Gasteiger partial charge is 0.251 e. The van der Waals surface area contributed by atoms with Gasteiger partial charge in [-0.05, 0) is 35.9 Å². The maximum absolute atomic E-state index is 12.2. The molecule has 0 fully saturated rings. The summed E-state index contributed by atoms with van der Waals surface area (Å²) in [6.45, 7) is 2.27. The second-order valence-electron chi connectivity index (χ2n) is 5.33. The van der Waals surface area contributed by atoms with Crippen molar-refractivity contribution in [2.45, 2.75) is 13.5 Å². The first kappa shape index (κ1) is 14.1. The number of hydrogen-bond acceptors (Lipinski definition) is 2. The van der Waals surface area contributed by atoms with E-state index in [9.17, 15) is 9.90 Å². The minimum Gasteiger partial charge on any atom is -0.508 e. The number of phenolic OH excluding ortho intramolecular Hbond substituents is 1. The van der Waals surface area contributed by atoms with Crippen molar-refractivity contribution in [2.75, 3.05) is 0 Å². The monoisotopic (exact) mass is 291 g/mol. The summed E-state index contributed by atoms with van der Waals surface area (Å²) in [6.07, 6.45) is 0. The summed E-state index contributed by atoms with van der Waals surface area (Å²) in [5.74, 6) is 0.0511. The van der Waals surface area contributed by atoms with Gasteiger partial charge < -0.3 is 10.4 Å². The number of hydrogen-bond donors (Lipinski definition) is 2. The lowest BCUT2D eigenvalue weighted by Gasteiger charge is -2.10. The van der Waals surface area contributed by atoms with E-state index in [1.807, 2.05) is 49.4 Å². The standard InChI is InChI=1S/C19H17NO2/c1-13-6-8-15(9-7-13)19(22)20-12-17-16-5-3-2-4-14(16)10-11-18(17)21/h2-11,21H,12H2,1H3,(H,20,22). The van der Waals surface area contributed by atoms with Crippen molar-refractivity contribution in [1.82, 2.24) is 5.32 Å². The number of benzene rings is 3. The summed E-state index contributed by atoms with van der Waals surface area (Å²) in [5, 5.41) is 14.9. The highest BCUT2D eigenvalue weighted by Gasteiger charge is 2.09. The molecule has 0 saturated heterocycles. The molecule has 1 amide bonds. The van der Waals surface area contributed by atoms with E-state index in [2.05, 4.69) is 5.32 Å². The van der Waals surface area contributed by atoms with Gasteiger partial charge in [0.25, 0.3) is 5.91 Å². The first-order chi connectivity index (χ1) is 10.6. The van der Waals surface area contributed by atoms with Gasteiger partial charge in [0.15, 0.2) is 0 Å². The molecule has 3 rings (SSSR count). The van der Waals surface area contributed by atoms with Crippen molar-refractivity contribution in [3.63, 3.8) is 0 Å². The van der Waals surface area contributed by atoms with Gasteiger partial charge in [0.05, 0.1) is 0 Å². The van der Waals surface area contributed by atoms with Gasteiger partial charge in [-0.1, -0.05) is 48.0 Å². The van der Waals surface area contributed by atoms with E-state index in [1.54, 1.807) is 18.2 Å². The molecule has 0 aliphatic heterocycles. The molecule has 110 valence electrons. The number of phenols is 1. The summed E-state index contributed by atoms with van der Waals surface area (Å²) in [4.78, 5) is 12.2. The van der Waals surface area contributed by atoms with Crippen LogP contribution in [0.5, 0.6) is 5.75 Å². The molecule has 0 aliphatic rings. The Bertz CT molecular complexity index is 822. The maximum atomic E-state index is 12.2. The average Bonchev–Trinajstić information content (AvgIpc) is 2.54. The number of aromatic hydroxyl groups is 1. The Morgan fingerprint density at radius 3 is 2.50 bits per heavy atom. The first-order valence-electron chi connectivity index (χ1n) is 7.19. The van der Waals surface area contributed by atoms with Gasteiger partial charge in [-0.2, -0.15) is 0 Å². The number of carbonyl (C=O) groups excluding carboxylic acids is 1. The molecular formula is C19H17NO2. The van der Waals surface area contributed by atoms with Crippen molar-refractivity contribution in [3.05, 3.63) is 77.4 Å². The highest BCUT2D eigenvalue weighted by atomic mass is 16.3. The van der Waals surface area contributed by atoms with Crippen LogP contribution in [0.1, 0.15) is 21.5 Å². The van der Waals surface area contributed by atoms with E-state index in [0.29, 0.717) is 12.1 Å². The molecule has 3 aromatic carbocycles. The summed E-state index contributed by atoms with van der Waals surface area (Å²) in [7, 11) is 0. The third-order valence-electron chi connectivity index (χ3n) is 3.76. The van der Waals surface area contributed by atoms with E-state index in [0.717, 1.165) is 21.9 Å². The molecule has 0 aliphatic carbocycles. The second kappa shape index (κ2) is 5.90. The summed E-state index contributed by atoms with van der Waals surface area (Å²) in [6, 6.07) is 18.8. The molecule has 22 heavy (non-hydrogen) atoms. The van der Waals surface area contributed by atoms with Gasteiger partial charge in [-0.15, -0.1) is 0 Å². The van der Waals surface area contributed by atoms with Crippen LogP contribution >= 0.6 is 0 Å². The Morgan fingerprint density at radius 1 is 1.00 bits per heavy atom. The Morgan fingerprint density at radius 2 is 1.73 bits per heavy atom.